The molecular weight excluding hydrogens is 288 g/mol. The van der Waals surface area contributed by atoms with E-state index in [1.54, 1.807) is 24.3 Å². The van der Waals surface area contributed by atoms with E-state index in [0.29, 0.717) is 12.1 Å². The molecule has 0 aliphatic carbocycles. The highest BCUT2D eigenvalue weighted by Crippen LogP contribution is 2.13. The van der Waals surface area contributed by atoms with Gasteiger partial charge in [0.2, 0.25) is 0 Å². The number of hydrogen-bond acceptors (Lipinski definition) is 5. The zero-order valence-electron chi connectivity index (χ0n) is 13.2. The molecule has 1 aromatic heterocycles. The summed E-state index contributed by atoms with van der Waals surface area (Å²) in [5.74, 6) is 1.21. The molecule has 2 N–H and O–H groups in total. The smallest absolute Gasteiger partial charge is 0.164 e. The van der Waals surface area contributed by atoms with Crippen LogP contribution in [0.5, 0.6) is 0 Å². The molecule has 2 heterocycles. The number of hydrogen-bond donors (Lipinski definition) is 1. The van der Waals surface area contributed by atoms with Crippen LogP contribution in [-0.2, 0) is 0 Å². The lowest BCUT2D eigenvalue weighted by atomic mass is 10.1. The number of anilines is 2. The first-order valence-corrected chi connectivity index (χ1v) is 7.99. The first kappa shape index (κ1) is 15.5. The van der Waals surface area contributed by atoms with Gasteiger partial charge in [0, 0.05) is 56.6 Å². The fourth-order valence-electron chi connectivity index (χ4n) is 2.81. The van der Waals surface area contributed by atoms with Crippen molar-refractivity contribution in [3.8, 4) is 0 Å². The number of carbonyl (C=O) groups excluding carboxylic acids is 1. The number of aromatic nitrogens is 1. The van der Waals surface area contributed by atoms with Gasteiger partial charge in [-0.15, -0.1) is 0 Å². The molecular formula is C18H22N4O. The van der Waals surface area contributed by atoms with Crippen molar-refractivity contribution in [2.75, 3.05) is 43.4 Å². The van der Waals surface area contributed by atoms with Crippen molar-refractivity contribution >= 4 is 17.3 Å². The number of piperazine rings is 1. The second-order valence-corrected chi connectivity index (χ2v) is 5.81. The molecule has 120 valence electrons. The van der Waals surface area contributed by atoms with E-state index in [0.717, 1.165) is 44.1 Å². The lowest BCUT2D eigenvalue weighted by Crippen LogP contribution is -2.47. The van der Waals surface area contributed by atoms with Crippen LogP contribution in [0.25, 0.3) is 0 Å². The third kappa shape index (κ3) is 4.07. The Morgan fingerprint density at radius 3 is 2.43 bits per heavy atom. The molecule has 0 saturated carbocycles. The minimum absolute atomic E-state index is 0.178. The van der Waals surface area contributed by atoms with Crippen molar-refractivity contribution in [1.82, 2.24) is 9.88 Å². The van der Waals surface area contributed by atoms with Gasteiger partial charge in [-0.2, -0.15) is 0 Å². The summed E-state index contributed by atoms with van der Waals surface area (Å²) in [5.41, 5.74) is 7.08. The molecule has 3 rings (SSSR count). The minimum Gasteiger partial charge on any atom is -0.399 e. The predicted molar refractivity (Wildman–Crippen MR) is 92.7 cm³/mol. The van der Waals surface area contributed by atoms with Crippen LogP contribution in [0.1, 0.15) is 16.8 Å². The zero-order chi connectivity index (χ0) is 16.1. The van der Waals surface area contributed by atoms with E-state index < -0.39 is 0 Å². The molecule has 1 aliphatic heterocycles. The summed E-state index contributed by atoms with van der Waals surface area (Å²) in [6.45, 7) is 4.64. The first-order valence-electron chi connectivity index (χ1n) is 7.99. The van der Waals surface area contributed by atoms with Gasteiger partial charge in [0.1, 0.15) is 5.82 Å². The standard InChI is InChI=1S/C18H22N4O/c19-16-6-4-15(5-7-16)17(23)8-10-21-11-13-22(14-12-21)18-3-1-2-9-20-18/h1-7,9H,8,10-14,19H2. The van der Waals surface area contributed by atoms with E-state index in [-0.39, 0.29) is 5.78 Å². The number of pyridine rings is 1. The molecule has 1 saturated heterocycles. The van der Waals surface area contributed by atoms with E-state index in [1.807, 2.05) is 24.4 Å². The highest BCUT2D eigenvalue weighted by molar-refractivity contribution is 5.96. The maximum atomic E-state index is 12.2. The normalized spacial score (nSPS) is 15.6. The largest absolute Gasteiger partial charge is 0.399 e. The summed E-state index contributed by atoms with van der Waals surface area (Å²) in [5, 5.41) is 0. The lowest BCUT2D eigenvalue weighted by Gasteiger charge is -2.35. The van der Waals surface area contributed by atoms with Crippen molar-refractivity contribution in [2.24, 2.45) is 0 Å². The summed E-state index contributed by atoms with van der Waals surface area (Å²) in [6.07, 6.45) is 2.38. The van der Waals surface area contributed by atoms with Crippen molar-refractivity contribution < 1.29 is 4.79 Å². The molecule has 1 aliphatic rings. The van der Waals surface area contributed by atoms with Gasteiger partial charge in [-0.05, 0) is 36.4 Å². The Morgan fingerprint density at radius 1 is 1.04 bits per heavy atom. The molecule has 0 amide bonds. The van der Waals surface area contributed by atoms with Crippen LogP contribution in [0.4, 0.5) is 11.5 Å². The first-order chi connectivity index (χ1) is 11.2. The average Bonchev–Trinajstić information content (AvgIpc) is 2.61. The topological polar surface area (TPSA) is 62.5 Å². The Hall–Kier alpha value is -2.40. The van der Waals surface area contributed by atoms with E-state index in [4.69, 9.17) is 5.73 Å². The monoisotopic (exact) mass is 310 g/mol. The number of nitrogens with zero attached hydrogens (tertiary/aromatic N) is 3. The molecule has 0 spiro atoms. The highest BCUT2D eigenvalue weighted by Gasteiger charge is 2.18. The van der Waals surface area contributed by atoms with Crippen LogP contribution in [0.3, 0.4) is 0 Å². The molecule has 1 aromatic carbocycles. The van der Waals surface area contributed by atoms with Gasteiger partial charge < -0.3 is 10.6 Å². The number of ketones is 1. The van der Waals surface area contributed by atoms with Gasteiger partial charge in [-0.25, -0.2) is 4.98 Å². The number of carbonyl (C=O) groups is 1. The molecule has 5 nitrogen and oxygen atoms in total. The van der Waals surface area contributed by atoms with Crippen LogP contribution < -0.4 is 10.6 Å². The highest BCUT2D eigenvalue weighted by atomic mass is 16.1. The predicted octanol–water partition coefficient (Wildman–Crippen LogP) is 2.06. The quantitative estimate of drug-likeness (QED) is 0.676. The molecule has 0 unspecified atom stereocenters. The molecule has 5 heteroatoms. The average molecular weight is 310 g/mol. The fourth-order valence-corrected chi connectivity index (χ4v) is 2.81. The van der Waals surface area contributed by atoms with E-state index in [1.165, 1.54) is 0 Å². The fraction of sp³-hybridized carbons (Fsp3) is 0.333. The summed E-state index contributed by atoms with van der Waals surface area (Å²) < 4.78 is 0. The van der Waals surface area contributed by atoms with E-state index in [9.17, 15) is 4.79 Å². The molecule has 23 heavy (non-hydrogen) atoms. The SMILES string of the molecule is Nc1ccc(C(=O)CCN2CCN(c3ccccn3)CC2)cc1. The summed E-state index contributed by atoms with van der Waals surface area (Å²) in [4.78, 5) is 21.2. The number of nitrogens with two attached hydrogens (primary N) is 1. The molecule has 1 fully saturated rings. The van der Waals surface area contributed by atoms with Crippen molar-refractivity contribution in [3.63, 3.8) is 0 Å². The maximum Gasteiger partial charge on any atom is 0.164 e. The van der Waals surface area contributed by atoms with Gasteiger partial charge in [0.15, 0.2) is 5.78 Å². The van der Waals surface area contributed by atoms with Crippen LogP contribution in [0.2, 0.25) is 0 Å². The van der Waals surface area contributed by atoms with Gasteiger partial charge in [0.25, 0.3) is 0 Å². The molecule has 2 aromatic rings. The lowest BCUT2D eigenvalue weighted by molar-refractivity contribution is 0.0962. The van der Waals surface area contributed by atoms with Crippen LogP contribution >= 0.6 is 0 Å². The summed E-state index contributed by atoms with van der Waals surface area (Å²) >= 11 is 0. The molecule has 0 atom stereocenters. The van der Waals surface area contributed by atoms with Gasteiger partial charge >= 0.3 is 0 Å². The Bertz CT molecular complexity index is 634. The van der Waals surface area contributed by atoms with Crippen molar-refractivity contribution in [3.05, 3.63) is 54.2 Å². The molecule has 0 bridgehead atoms. The van der Waals surface area contributed by atoms with E-state index >= 15 is 0 Å². The van der Waals surface area contributed by atoms with Crippen LogP contribution in [0.15, 0.2) is 48.7 Å². The van der Waals surface area contributed by atoms with Crippen LogP contribution in [-0.4, -0.2) is 48.4 Å². The second-order valence-electron chi connectivity index (χ2n) is 5.81. The van der Waals surface area contributed by atoms with E-state index in [2.05, 4.69) is 14.8 Å². The number of benzene rings is 1. The third-order valence-electron chi connectivity index (χ3n) is 4.23. The third-order valence-corrected chi connectivity index (χ3v) is 4.23. The Kier molecular flexibility index (Phi) is 4.88. The Morgan fingerprint density at radius 2 is 1.78 bits per heavy atom. The zero-order valence-corrected chi connectivity index (χ0v) is 13.2. The second kappa shape index (κ2) is 7.24. The Balaban J connectivity index is 1.46. The van der Waals surface area contributed by atoms with Crippen LogP contribution in [0, 0.1) is 0 Å². The number of nitrogen functional groups attached to an aromatic ring is 1. The summed E-state index contributed by atoms with van der Waals surface area (Å²) in [7, 11) is 0. The van der Waals surface area contributed by atoms with Gasteiger partial charge in [-0.1, -0.05) is 6.07 Å². The molecule has 0 radical (unpaired) electrons. The maximum absolute atomic E-state index is 12.2. The minimum atomic E-state index is 0.178. The van der Waals surface area contributed by atoms with Gasteiger partial charge in [0.05, 0.1) is 0 Å². The van der Waals surface area contributed by atoms with Crippen molar-refractivity contribution in [1.29, 1.82) is 0 Å². The van der Waals surface area contributed by atoms with Gasteiger partial charge in [-0.3, -0.25) is 9.69 Å². The Labute approximate surface area is 136 Å². The number of rotatable bonds is 5. The number of Topliss-reactive ketones (excluding diaryl/α,β-unsaturated/α-hetero) is 1. The van der Waals surface area contributed by atoms with Crippen molar-refractivity contribution in [2.45, 2.75) is 6.42 Å². The summed E-state index contributed by atoms with van der Waals surface area (Å²) in [6, 6.07) is 13.1.